The van der Waals surface area contributed by atoms with Crippen molar-refractivity contribution in [3.8, 4) is 0 Å². The monoisotopic (exact) mass is 260 g/mol. The fraction of sp³-hybridized carbons (Fsp3) is 0.647. The molecule has 1 aromatic carbocycles. The zero-order chi connectivity index (χ0) is 13.7. The Kier molecular flexibility index (Phi) is 5.41. The van der Waals surface area contributed by atoms with E-state index < -0.39 is 0 Å². The van der Waals surface area contributed by atoms with Crippen LogP contribution in [0.15, 0.2) is 30.3 Å². The molecule has 2 heteroatoms. The summed E-state index contributed by atoms with van der Waals surface area (Å²) >= 11 is 0. The number of hydrazine groups is 1. The second-order valence-corrected chi connectivity index (χ2v) is 6.15. The highest BCUT2D eigenvalue weighted by Crippen LogP contribution is 2.36. The van der Waals surface area contributed by atoms with Crippen LogP contribution in [0.1, 0.15) is 57.4 Å². The quantitative estimate of drug-likeness (QED) is 0.623. The highest BCUT2D eigenvalue weighted by Gasteiger charge is 2.31. The molecule has 106 valence electrons. The highest BCUT2D eigenvalue weighted by molar-refractivity contribution is 5.21. The third-order valence-corrected chi connectivity index (χ3v) is 4.78. The molecule has 1 aliphatic carbocycles. The van der Waals surface area contributed by atoms with Gasteiger partial charge in [-0.15, -0.1) is 0 Å². The maximum absolute atomic E-state index is 5.91. The predicted molar refractivity (Wildman–Crippen MR) is 81.7 cm³/mol. The van der Waals surface area contributed by atoms with Crippen LogP contribution in [0.5, 0.6) is 0 Å². The number of nitrogens with two attached hydrogens (primary N) is 1. The number of nitrogens with one attached hydrogen (secondary N) is 1. The molecular weight excluding hydrogens is 232 g/mol. The van der Waals surface area contributed by atoms with Crippen LogP contribution in [-0.4, -0.2) is 6.04 Å². The van der Waals surface area contributed by atoms with Crippen LogP contribution in [0.25, 0.3) is 0 Å². The van der Waals surface area contributed by atoms with Crippen LogP contribution in [-0.2, 0) is 0 Å². The summed E-state index contributed by atoms with van der Waals surface area (Å²) in [4.78, 5) is 0. The Morgan fingerprint density at radius 2 is 2.00 bits per heavy atom. The third-order valence-electron chi connectivity index (χ3n) is 4.78. The van der Waals surface area contributed by atoms with E-state index in [0.717, 1.165) is 18.3 Å². The predicted octanol–water partition coefficient (Wildman–Crippen LogP) is 3.84. The second kappa shape index (κ2) is 7.06. The van der Waals surface area contributed by atoms with E-state index in [2.05, 4.69) is 49.6 Å². The second-order valence-electron chi connectivity index (χ2n) is 6.15. The highest BCUT2D eigenvalue weighted by atomic mass is 15.2. The van der Waals surface area contributed by atoms with Gasteiger partial charge in [0, 0.05) is 12.0 Å². The lowest BCUT2D eigenvalue weighted by atomic mass is 9.73. The number of hydrogen-bond donors (Lipinski definition) is 2. The summed E-state index contributed by atoms with van der Waals surface area (Å²) in [6, 6.07) is 11.2. The summed E-state index contributed by atoms with van der Waals surface area (Å²) in [5.41, 5.74) is 4.56. The Balaban J connectivity index is 2.14. The fourth-order valence-electron chi connectivity index (χ4n) is 3.79. The third kappa shape index (κ3) is 3.58. The Labute approximate surface area is 117 Å². The maximum atomic E-state index is 5.91. The van der Waals surface area contributed by atoms with Crippen molar-refractivity contribution in [2.45, 2.75) is 57.9 Å². The van der Waals surface area contributed by atoms with Gasteiger partial charge >= 0.3 is 0 Å². The SMILES string of the molecule is CCC(c1ccccc1)C(NN)C1CCCC(C)C1. The summed E-state index contributed by atoms with van der Waals surface area (Å²) in [6.07, 6.45) is 6.52. The molecule has 4 unspecified atom stereocenters. The van der Waals surface area contributed by atoms with Gasteiger partial charge < -0.3 is 0 Å². The maximum Gasteiger partial charge on any atom is 0.0307 e. The minimum absolute atomic E-state index is 0.412. The zero-order valence-corrected chi connectivity index (χ0v) is 12.3. The summed E-state index contributed by atoms with van der Waals surface area (Å²) < 4.78 is 0. The molecule has 3 N–H and O–H groups in total. The van der Waals surface area contributed by atoms with Gasteiger partial charge in [0.2, 0.25) is 0 Å². The van der Waals surface area contributed by atoms with E-state index in [1.54, 1.807) is 0 Å². The molecule has 0 heterocycles. The van der Waals surface area contributed by atoms with Crippen molar-refractivity contribution in [1.82, 2.24) is 5.43 Å². The van der Waals surface area contributed by atoms with Crippen molar-refractivity contribution >= 4 is 0 Å². The van der Waals surface area contributed by atoms with E-state index in [1.807, 2.05) is 0 Å². The van der Waals surface area contributed by atoms with Crippen LogP contribution in [0.2, 0.25) is 0 Å². The molecular formula is C17H28N2. The average Bonchev–Trinajstić information content (AvgIpc) is 2.45. The van der Waals surface area contributed by atoms with Crippen LogP contribution in [0, 0.1) is 11.8 Å². The van der Waals surface area contributed by atoms with E-state index >= 15 is 0 Å². The largest absolute Gasteiger partial charge is 0.271 e. The van der Waals surface area contributed by atoms with Crippen molar-refractivity contribution in [2.24, 2.45) is 17.7 Å². The van der Waals surface area contributed by atoms with E-state index in [1.165, 1.54) is 31.2 Å². The number of benzene rings is 1. The number of hydrogen-bond acceptors (Lipinski definition) is 2. The smallest absolute Gasteiger partial charge is 0.0307 e. The summed E-state index contributed by atoms with van der Waals surface area (Å²) in [7, 11) is 0. The van der Waals surface area contributed by atoms with Gasteiger partial charge in [-0.25, -0.2) is 0 Å². The molecule has 0 saturated heterocycles. The van der Waals surface area contributed by atoms with E-state index in [-0.39, 0.29) is 0 Å². The van der Waals surface area contributed by atoms with Crippen LogP contribution in [0.4, 0.5) is 0 Å². The van der Waals surface area contributed by atoms with E-state index in [4.69, 9.17) is 5.84 Å². The summed E-state index contributed by atoms with van der Waals surface area (Å²) in [5.74, 6) is 8.01. The van der Waals surface area contributed by atoms with Crippen molar-refractivity contribution in [1.29, 1.82) is 0 Å². The van der Waals surface area contributed by atoms with Crippen LogP contribution >= 0.6 is 0 Å². The van der Waals surface area contributed by atoms with Gasteiger partial charge in [0.15, 0.2) is 0 Å². The Hall–Kier alpha value is -0.860. The van der Waals surface area contributed by atoms with Crippen LogP contribution in [0.3, 0.4) is 0 Å². The molecule has 0 aromatic heterocycles. The molecule has 0 radical (unpaired) electrons. The minimum atomic E-state index is 0.412. The first-order valence-corrected chi connectivity index (χ1v) is 7.77. The first-order valence-electron chi connectivity index (χ1n) is 7.77. The van der Waals surface area contributed by atoms with Gasteiger partial charge in [-0.05, 0) is 36.7 Å². The van der Waals surface area contributed by atoms with Gasteiger partial charge in [-0.1, -0.05) is 57.0 Å². The lowest BCUT2D eigenvalue weighted by Gasteiger charge is -2.37. The van der Waals surface area contributed by atoms with Gasteiger partial charge in [-0.3, -0.25) is 11.3 Å². The van der Waals surface area contributed by atoms with E-state index in [0.29, 0.717) is 12.0 Å². The molecule has 0 spiro atoms. The summed E-state index contributed by atoms with van der Waals surface area (Å²) in [6.45, 7) is 4.65. The van der Waals surface area contributed by atoms with Crippen molar-refractivity contribution in [3.05, 3.63) is 35.9 Å². The molecule has 4 atom stereocenters. The first-order chi connectivity index (χ1) is 9.26. The molecule has 0 bridgehead atoms. The minimum Gasteiger partial charge on any atom is -0.271 e. The lowest BCUT2D eigenvalue weighted by Crippen LogP contribution is -2.46. The standard InChI is InChI=1S/C17H28N2/c1-3-16(14-9-5-4-6-10-14)17(19-18)15-11-7-8-13(2)12-15/h4-6,9-10,13,15-17,19H,3,7-8,11-12,18H2,1-2H3. The fourth-order valence-corrected chi connectivity index (χ4v) is 3.79. The molecule has 1 saturated carbocycles. The molecule has 0 aliphatic heterocycles. The lowest BCUT2D eigenvalue weighted by molar-refractivity contribution is 0.200. The van der Waals surface area contributed by atoms with Crippen molar-refractivity contribution < 1.29 is 0 Å². The van der Waals surface area contributed by atoms with E-state index in [9.17, 15) is 0 Å². The molecule has 2 nitrogen and oxygen atoms in total. The molecule has 0 amide bonds. The van der Waals surface area contributed by atoms with Gasteiger partial charge in [0.1, 0.15) is 0 Å². The van der Waals surface area contributed by atoms with Gasteiger partial charge in [-0.2, -0.15) is 0 Å². The van der Waals surface area contributed by atoms with Crippen LogP contribution < -0.4 is 11.3 Å². The Morgan fingerprint density at radius 1 is 1.26 bits per heavy atom. The van der Waals surface area contributed by atoms with Gasteiger partial charge in [0.05, 0.1) is 0 Å². The zero-order valence-electron chi connectivity index (χ0n) is 12.3. The molecule has 19 heavy (non-hydrogen) atoms. The first kappa shape index (κ1) is 14.5. The Bertz CT molecular complexity index is 363. The molecule has 1 aliphatic rings. The van der Waals surface area contributed by atoms with Gasteiger partial charge in [0.25, 0.3) is 0 Å². The summed E-state index contributed by atoms with van der Waals surface area (Å²) in [5, 5.41) is 0. The topological polar surface area (TPSA) is 38.0 Å². The molecule has 1 aromatic rings. The average molecular weight is 260 g/mol. The van der Waals surface area contributed by atoms with Crippen molar-refractivity contribution in [3.63, 3.8) is 0 Å². The number of rotatable bonds is 5. The normalized spacial score (nSPS) is 26.9. The Morgan fingerprint density at radius 3 is 2.58 bits per heavy atom. The molecule has 1 fully saturated rings. The van der Waals surface area contributed by atoms with Crippen molar-refractivity contribution in [2.75, 3.05) is 0 Å². The molecule has 2 rings (SSSR count).